The van der Waals surface area contributed by atoms with E-state index in [1.807, 2.05) is 0 Å². The van der Waals surface area contributed by atoms with E-state index >= 15 is 0 Å². The zero-order chi connectivity index (χ0) is 35.1. The van der Waals surface area contributed by atoms with Crippen LogP contribution in [0.5, 0.6) is 0 Å². The summed E-state index contributed by atoms with van der Waals surface area (Å²) in [7, 11) is 0. The number of anilines is 3. The summed E-state index contributed by atoms with van der Waals surface area (Å²) >= 11 is 0. The number of para-hydroxylation sites is 1. The number of rotatable bonds is 5. The van der Waals surface area contributed by atoms with Crippen LogP contribution in [-0.4, -0.2) is 0 Å². The molecule has 9 aromatic rings. The van der Waals surface area contributed by atoms with Crippen molar-refractivity contribution >= 4 is 50.8 Å². The molecule has 0 unspecified atom stereocenters. The van der Waals surface area contributed by atoms with Crippen molar-refractivity contribution in [3.05, 3.63) is 211 Å². The highest BCUT2D eigenvalue weighted by Crippen LogP contribution is 2.47. The molecular weight excluding hydrogens is 639 g/mol. The largest absolute Gasteiger partial charge is 0.309 e. The normalized spacial score (nSPS) is 12.0. The minimum absolute atomic E-state index is 1.12. The van der Waals surface area contributed by atoms with E-state index in [-0.39, 0.29) is 0 Å². The molecule has 0 spiro atoms. The maximum atomic E-state index is 2.45. The third kappa shape index (κ3) is 5.60. The summed E-state index contributed by atoms with van der Waals surface area (Å²) < 4.78 is 0. The second kappa shape index (κ2) is 13.0. The first-order chi connectivity index (χ1) is 26.3. The van der Waals surface area contributed by atoms with Gasteiger partial charge < -0.3 is 4.90 Å². The van der Waals surface area contributed by atoms with Gasteiger partial charge in [-0.2, -0.15) is 0 Å². The van der Waals surface area contributed by atoms with Crippen LogP contribution in [0.3, 0.4) is 0 Å². The van der Waals surface area contributed by atoms with Crippen molar-refractivity contribution in [2.24, 2.45) is 0 Å². The van der Waals surface area contributed by atoms with Gasteiger partial charge in [-0.05, 0) is 126 Å². The quantitative estimate of drug-likeness (QED) is 0.176. The van der Waals surface area contributed by atoms with Gasteiger partial charge in [0.1, 0.15) is 0 Å². The summed E-state index contributed by atoms with van der Waals surface area (Å²) in [4.78, 5) is 2.45. The first-order valence-corrected chi connectivity index (χ1v) is 18.3. The first-order valence-electron chi connectivity index (χ1n) is 18.3. The maximum absolute atomic E-state index is 2.45. The van der Waals surface area contributed by atoms with Crippen molar-refractivity contribution in [2.75, 3.05) is 4.90 Å². The fourth-order valence-electron chi connectivity index (χ4n) is 7.93. The van der Waals surface area contributed by atoms with Gasteiger partial charge in [-0.3, -0.25) is 0 Å². The van der Waals surface area contributed by atoms with Crippen molar-refractivity contribution in [1.29, 1.82) is 0 Å². The van der Waals surface area contributed by atoms with Crippen LogP contribution >= 0.6 is 0 Å². The lowest BCUT2D eigenvalue weighted by atomic mass is 9.90. The number of fused-ring (bicyclic) bond motifs is 4. The van der Waals surface area contributed by atoms with Crippen molar-refractivity contribution in [1.82, 2.24) is 0 Å². The van der Waals surface area contributed by atoms with E-state index in [2.05, 4.69) is 217 Å². The molecule has 0 saturated carbocycles. The lowest BCUT2D eigenvalue weighted by molar-refractivity contribution is 1.28. The monoisotopic (exact) mass is 673 g/mol. The molecule has 1 aliphatic heterocycles. The van der Waals surface area contributed by atoms with E-state index < -0.39 is 0 Å². The Morgan fingerprint density at radius 3 is 1.00 bits per heavy atom. The zero-order valence-electron chi connectivity index (χ0n) is 29.2. The van der Waals surface area contributed by atoms with E-state index in [1.165, 1.54) is 77.2 Å². The summed E-state index contributed by atoms with van der Waals surface area (Å²) in [6.07, 6.45) is 4.54. The lowest BCUT2D eigenvalue weighted by Gasteiger charge is -2.28. The van der Waals surface area contributed by atoms with Crippen LogP contribution in [0.4, 0.5) is 17.1 Å². The standard InChI is InChI=1S/C52H35N/c1-4-14-36(15-5-1)47-30-40-18-10-12-20-42(40)32-49(47)44-28-26-38-24-25-39-27-29-45(35-52(39)53(51(38)34-44)46-22-8-3-9-23-46)50-33-43-21-13-11-19-41(43)31-48(50)37-16-6-2-7-17-37/h1-35H. The highest BCUT2D eigenvalue weighted by molar-refractivity contribution is 6.02. The molecule has 0 amide bonds. The molecule has 1 nitrogen and oxygen atoms in total. The average Bonchev–Trinajstić information content (AvgIpc) is 3.39. The molecule has 0 fully saturated rings. The van der Waals surface area contributed by atoms with Gasteiger partial charge in [0, 0.05) is 5.69 Å². The molecule has 10 rings (SSSR count). The second-order valence-corrected chi connectivity index (χ2v) is 13.8. The van der Waals surface area contributed by atoms with Gasteiger partial charge in [0.15, 0.2) is 0 Å². The molecule has 53 heavy (non-hydrogen) atoms. The Morgan fingerprint density at radius 1 is 0.264 bits per heavy atom. The number of nitrogens with zero attached hydrogens (tertiary/aromatic N) is 1. The Labute approximate surface area is 310 Å². The van der Waals surface area contributed by atoms with Gasteiger partial charge in [-0.1, -0.05) is 164 Å². The molecule has 0 N–H and O–H groups in total. The lowest BCUT2D eigenvalue weighted by Crippen LogP contribution is -2.12. The predicted molar refractivity (Wildman–Crippen MR) is 227 cm³/mol. The van der Waals surface area contributed by atoms with Gasteiger partial charge in [0.2, 0.25) is 0 Å². The van der Waals surface area contributed by atoms with Crippen LogP contribution in [0.15, 0.2) is 200 Å². The minimum atomic E-state index is 1.12. The number of benzene rings is 9. The number of hydrogen-bond acceptors (Lipinski definition) is 1. The van der Waals surface area contributed by atoms with E-state index in [0.29, 0.717) is 0 Å². The maximum Gasteiger partial charge on any atom is 0.0540 e. The zero-order valence-corrected chi connectivity index (χ0v) is 29.2. The van der Waals surface area contributed by atoms with Crippen LogP contribution in [0.25, 0.3) is 78.2 Å². The molecule has 0 saturated heterocycles. The summed E-state index contributed by atoms with van der Waals surface area (Å²) in [6.45, 7) is 0. The van der Waals surface area contributed by atoms with Gasteiger partial charge in [0.05, 0.1) is 11.4 Å². The predicted octanol–water partition coefficient (Wildman–Crippen LogP) is 14.6. The van der Waals surface area contributed by atoms with Crippen molar-refractivity contribution in [3.8, 4) is 44.5 Å². The summed E-state index contributed by atoms with van der Waals surface area (Å²) in [5.41, 5.74) is 15.5. The second-order valence-electron chi connectivity index (χ2n) is 13.8. The molecule has 9 aromatic carbocycles. The molecule has 248 valence electrons. The van der Waals surface area contributed by atoms with E-state index in [9.17, 15) is 0 Å². The SMILES string of the molecule is C1=Cc2ccc(-c3cc4ccccc4cc3-c3ccccc3)cc2N(c2ccccc2)c2cc(-c3cc4ccccc4cc3-c3ccccc3)ccc21. The molecule has 1 heteroatoms. The summed E-state index contributed by atoms with van der Waals surface area (Å²) in [5.74, 6) is 0. The Balaban J connectivity index is 1.19. The fourth-order valence-corrected chi connectivity index (χ4v) is 7.93. The smallest absolute Gasteiger partial charge is 0.0540 e. The highest BCUT2D eigenvalue weighted by atomic mass is 15.1. The molecule has 0 radical (unpaired) electrons. The third-order valence-corrected chi connectivity index (χ3v) is 10.6. The van der Waals surface area contributed by atoms with E-state index in [4.69, 9.17) is 0 Å². The van der Waals surface area contributed by atoms with Crippen molar-refractivity contribution < 1.29 is 0 Å². The fraction of sp³-hybridized carbons (Fsp3) is 0. The average molecular weight is 674 g/mol. The van der Waals surface area contributed by atoms with Crippen LogP contribution in [0.1, 0.15) is 11.1 Å². The van der Waals surface area contributed by atoms with Crippen LogP contribution in [0.2, 0.25) is 0 Å². The molecule has 1 heterocycles. The molecule has 0 bridgehead atoms. The van der Waals surface area contributed by atoms with Crippen molar-refractivity contribution in [2.45, 2.75) is 0 Å². The van der Waals surface area contributed by atoms with Gasteiger partial charge in [-0.25, -0.2) is 0 Å². The number of hydrogen-bond donors (Lipinski definition) is 0. The Kier molecular flexibility index (Phi) is 7.55. The van der Waals surface area contributed by atoms with E-state index in [1.54, 1.807) is 0 Å². The minimum Gasteiger partial charge on any atom is -0.309 e. The topological polar surface area (TPSA) is 3.24 Å². The Bertz CT molecular complexity index is 2640. The van der Waals surface area contributed by atoms with Crippen molar-refractivity contribution in [3.63, 3.8) is 0 Å². The van der Waals surface area contributed by atoms with Crippen LogP contribution in [0, 0.1) is 0 Å². The molecule has 0 atom stereocenters. The molecule has 0 aromatic heterocycles. The summed E-state index contributed by atoms with van der Waals surface area (Å²) in [5, 5.41) is 4.94. The van der Waals surface area contributed by atoms with Crippen LogP contribution in [-0.2, 0) is 0 Å². The molecule has 1 aliphatic rings. The Morgan fingerprint density at radius 2 is 0.604 bits per heavy atom. The van der Waals surface area contributed by atoms with Gasteiger partial charge in [-0.15, -0.1) is 0 Å². The molecular formula is C52H35N. The van der Waals surface area contributed by atoms with E-state index in [0.717, 1.165) is 17.1 Å². The Hall–Kier alpha value is -6.96. The summed E-state index contributed by atoms with van der Waals surface area (Å²) in [6, 6.07) is 73.0. The first kappa shape index (κ1) is 30.8. The molecule has 0 aliphatic carbocycles. The van der Waals surface area contributed by atoms with Crippen LogP contribution < -0.4 is 4.90 Å². The highest BCUT2D eigenvalue weighted by Gasteiger charge is 2.23. The van der Waals surface area contributed by atoms with Gasteiger partial charge >= 0.3 is 0 Å². The van der Waals surface area contributed by atoms with Gasteiger partial charge in [0.25, 0.3) is 0 Å². The third-order valence-electron chi connectivity index (χ3n) is 10.6.